The second-order valence-corrected chi connectivity index (χ2v) is 12.6. The summed E-state index contributed by atoms with van der Waals surface area (Å²) in [6, 6.07) is 15.0. The summed E-state index contributed by atoms with van der Waals surface area (Å²) < 4.78 is 12.1. The number of benzene rings is 2. The fraction of sp³-hybridized carbons (Fsp3) is 0.312. The molecule has 0 radical (unpaired) electrons. The number of carbonyl (C=O) groups is 4. The summed E-state index contributed by atoms with van der Waals surface area (Å²) in [5, 5.41) is 25.0. The van der Waals surface area contributed by atoms with Gasteiger partial charge < -0.3 is 24.7 Å². The molecule has 0 bridgehead atoms. The largest absolute Gasteiger partial charge is 0.462 e. The van der Waals surface area contributed by atoms with E-state index in [4.69, 9.17) is 9.47 Å². The first-order valence-corrected chi connectivity index (χ1v) is 16.7. The van der Waals surface area contributed by atoms with E-state index in [1.54, 1.807) is 27.7 Å². The first kappa shape index (κ1) is 35.8. The van der Waals surface area contributed by atoms with E-state index in [0.717, 1.165) is 28.7 Å². The Morgan fingerprint density at radius 2 is 1.67 bits per heavy atom. The second-order valence-electron chi connectivity index (χ2n) is 10.2. The molecule has 2 N–H and O–H groups in total. The standard InChI is InChI=1S/C32H34N6O8S2/c1-5-45-30(41)25-19(3)26(31(42)46-6-2)48-29(25)34-27(39)20(4)47-32-36-35-24(37(32)17-16-21-10-8-7-9-11-21)18-33-28(40)22-12-14-23(15-13-22)38(43)44/h7-15,20H,5-6,16-18H2,1-4H3,(H,33,40)(H,34,39)/t20-/m0/s1. The van der Waals surface area contributed by atoms with Crippen LogP contribution in [0.3, 0.4) is 0 Å². The molecule has 0 spiro atoms. The van der Waals surface area contributed by atoms with Crippen molar-refractivity contribution in [1.82, 2.24) is 20.1 Å². The summed E-state index contributed by atoms with van der Waals surface area (Å²) in [6.07, 6.45) is 0.615. The number of aromatic nitrogens is 3. The molecule has 2 aromatic carbocycles. The van der Waals surface area contributed by atoms with Crippen LogP contribution in [-0.4, -0.2) is 61.9 Å². The van der Waals surface area contributed by atoms with Crippen LogP contribution in [0.1, 0.15) is 68.1 Å². The molecule has 0 aliphatic rings. The topological polar surface area (TPSA) is 185 Å². The number of esters is 2. The molecular formula is C32H34N6O8S2. The normalized spacial score (nSPS) is 11.4. The Bertz CT molecular complexity index is 1790. The molecule has 1 atom stereocenters. The maximum Gasteiger partial charge on any atom is 0.348 e. The van der Waals surface area contributed by atoms with E-state index in [0.29, 0.717) is 29.5 Å². The number of nitro benzene ring substituents is 1. The summed E-state index contributed by atoms with van der Waals surface area (Å²) in [6.45, 7) is 7.30. The van der Waals surface area contributed by atoms with Gasteiger partial charge >= 0.3 is 11.9 Å². The molecule has 0 unspecified atom stereocenters. The van der Waals surface area contributed by atoms with Gasteiger partial charge in [-0.2, -0.15) is 0 Å². The van der Waals surface area contributed by atoms with Gasteiger partial charge in [0.05, 0.1) is 35.5 Å². The minimum Gasteiger partial charge on any atom is -0.462 e. The lowest BCUT2D eigenvalue weighted by molar-refractivity contribution is -0.384. The molecule has 0 aliphatic heterocycles. The third-order valence-corrected chi connectivity index (χ3v) is 9.25. The van der Waals surface area contributed by atoms with E-state index in [-0.39, 0.29) is 46.5 Å². The zero-order valence-corrected chi connectivity index (χ0v) is 28.3. The number of nitro groups is 1. The van der Waals surface area contributed by atoms with Crippen molar-refractivity contribution < 1.29 is 33.6 Å². The molecule has 0 saturated carbocycles. The Hall–Kier alpha value is -5.09. The minimum atomic E-state index is -0.726. The molecule has 0 fully saturated rings. The number of anilines is 1. The minimum absolute atomic E-state index is 0.00670. The number of non-ortho nitro benzene ring substituents is 1. The lowest BCUT2D eigenvalue weighted by atomic mass is 10.1. The van der Waals surface area contributed by atoms with Crippen LogP contribution in [0.5, 0.6) is 0 Å². The molecule has 14 nitrogen and oxygen atoms in total. The number of hydrogen-bond acceptors (Lipinski definition) is 12. The van der Waals surface area contributed by atoms with Crippen molar-refractivity contribution in [1.29, 1.82) is 0 Å². The van der Waals surface area contributed by atoms with Crippen molar-refractivity contribution in [3.8, 4) is 0 Å². The van der Waals surface area contributed by atoms with E-state index in [1.165, 1.54) is 24.3 Å². The fourth-order valence-corrected chi connectivity index (χ4v) is 6.50. The molecule has 2 aromatic heterocycles. The van der Waals surface area contributed by atoms with Crippen LogP contribution in [-0.2, 0) is 33.8 Å². The summed E-state index contributed by atoms with van der Waals surface area (Å²) in [5.74, 6) is -1.73. The van der Waals surface area contributed by atoms with E-state index < -0.39 is 33.9 Å². The van der Waals surface area contributed by atoms with Crippen molar-refractivity contribution in [3.63, 3.8) is 0 Å². The Balaban J connectivity index is 1.53. The van der Waals surface area contributed by atoms with Crippen LogP contribution < -0.4 is 10.6 Å². The summed E-state index contributed by atoms with van der Waals surface area (Å²) in [4.78, 5) is 62.2. The van der Waals surface area contributed by atoms with Gasteiger partial charge in [-0.05, 0) is 57.4 Å². The smallest absolute Gasteiger partial charge is 0.348 e. The molecule has 2 heterocycles. The third-order valence-electron chi connectivity index (χ3n) is 6.98. The van der Waals surface area contributed by atoms with Gasteiger partial charge in [-0.1, -0.05) is 42.1 Å². The number of nitrogens with zero attached hydrogens (tertiary/aromatic N) is 4. The number of ether oxygens (including phenoxy) is 2. The summed E-state index contributed by atoms with van der Waals surface area (Å²) in [7, 11) is 0. The zero-order valence-electron chi connectivity index (χ0n) is 26.7. The molecule has 4 aromatic rings. The quantitative estimate of drug-likeness (QED) is 0.0721. The maximum atomic E-state index is 13.5. The SMILES string of the molecule is CCOC(=O)c1sc(NC(=O)[C@H](C)Sc2nnc(CNC(=O)c3ccc([N+](=O)[O-])cc3)n2CCc2ccccc2)c(C(=O)OCC)c1C. The van der Waals surface area contributed by atoms with Crippen molar-refractivity contribution in [2.24, 2.45) is 0 Å². The highest BCUT2D eigenvalue weighted by Gasteiger charge is 2.29. The Kier molecular flexibility index (Phi) is 12.4. The lowest BCUT2D eigenvalue weighted by Crippen LogP contribution is -2.25. The Morgan fingerprint density at radius 3 is 2.31 bits per heavy atom. The molecule has 2 amide bonds. The molecule has 0 aliphatic carbocycles. The number of thioether (sulfide) groups is 1. The van der Waals surface area contributed by atoms with E-state index >= 15 is 0 Å². The Labute approximate surface area is 284 Å². The van der Waals surface area contributed by atoms with Crippen LogP contribution >= 0.6 is 23.1 Å². The highest BCUT2D eigenvalue weighted by atomic mass is 32.2. The monoisotopic (exact) mass is 694 g/mol. The third kappa shape index (κ3) is 8.83. The van der Waals surface area contributed by atoms with Crippen molar-refractivity contribution in [2.75, 3.05) is 18.5 Å². The summed E-state index contributed by atoms with van der Waals surface area (Å²) in [5.41, 5.74) is 1.62. The van der Waals surface area contributed by atoms with Gasteiger partial charge in [-0.15, -0.1) is 21.5 Å². The number of amides is 2. The number of rotatable bonds is 15. The number of aryl methyl sites for hydroxylation is 1. The number of hydrogen-bond donors (Lipinski definition) is 2. The van der Waals surface area contributed by atoms with Crippen LogP contribution in [0.15, 0.2) is 59.8 Å². The average molecular weight is 695 g/mol. The second kappa shape index (κ2) is 16.6. The molecule has 0 saturated heterocycles. The highest BCUT2D eigenvalue weighted by Crippen LogP contribution is 2.35. The van der Waals surface area contributed by atoms with Crippen LogP contribution in [0.4, 0.5) is 10.7 Å². The molecule has 4 rings (SSSR count). The molecule has 252 valence electrons. The Morgan fingerprint density at radius 1 is 1.00 bits per heavy atom. The van der Waals surface area contributed by atoms with Crippen LogP contribution in [0.25, 0.3) is 0 Å². The summed E-state index contributed by atoms with van der Waals surface area (Å²) >= 11 is 2.08. The van der Waals surface area contributed by atoms with Crippen molar-refractivity contribution >= 4 is 57.5 Å². The van der Waals surface area contributed by atoms with Crippen molar-refractivity contribution in [2.45, 2.75) is 57.6 Å². The van der Waals surface area contributed by atoms with E-state index in [1.807, 2.05) is 34.9 Å². The number of nitrogens with one attached hydrogen (secondary N) is 2. The molecule has 48 heavy (non-hydrogen) atoms. The maximum absolute atomic E-state index is 13.5. The van der Waals surface area contributed by atoms with Gasteiger partial charge in [0.1, 0.15) is 9.88 Å². The fourth-order valence-electron chi connectivity index (χ4n) is 4.51. The lowest BCUT2D eigenvalue weighted by Gasteiger charge is -2.14. The first-order chi connectivity index (χ1) is 23.0. The van der Waals surface area contributed by atoms with Crippen molar-refractivity contribution in [3.05, 3.63) is 97.7 Å². The van der Waals surface area contributed by atoms with Gasteiger partial charge in [0, 0.05) is 24.2 Å². The average Bonchev–Trinajstić information content (AvgIpc) is 3.62. The first-order valence-electron chi connectivity index (χ1n) is 15.0. The highest BCUT2D eigenvalue weighted by molar-refractivity contribution is 8.00. The van der Waals surface area contributed by atoms with Gasteiger partial charge in [0.15, 0.2) is 11.0 Å². The van der Waals surface area contributed by atoms with Gasteiger partial charge in [0.25, 0.3) is 11.6 Å². The van der Waals surface area contributed by atoms with Gasteiger partial charge in [-0.25, -0.2) is 9.59 Å². The van der Waals surface area contributed by atoms with Crippen LogP contribution in [0, 0.1) is 17.0 Å². The van der Waals surface area contributed by atoms with Crippen LogP contribution in [0.2, 0.25) is 0 Å². The molecule has 16 heteroatoms. The predicted octanol–water partition coefficient (Wildman–Crippen LogP) is 5.20. The predicted molar refractivity (Wildman–Crippen MR) is 179 cm³/mol. The van der Waals surface area contributed by atoms with E-state index in [9.17, 15) is 29.3 Å². The molecular weight excluding hydrogens is 661 g/mol. The van der Waals surface area contributed by atoms with Gasteiger partial charge in [-0.3, -0.25) is 19.7 Å². The zero-order chi connectivity index (χ0) is 34.8. The number of carbonyl (C=O) groups excluding carboxylic acids is 4. The number of thiophene rings is 1. The van der Waals surface area contributed by atoms with E-state index in [2.05, 4.69) is 20.8 Å². The van der Waals surface area contributed by atoms with Gasteiger partial charge in [0.2, 0.25) is 5.91 Å².